The molecule has 0 fully saturated rings. The number of benzene rings is 4. The van der Waals surface area contributed by atoms with Crippen LogP contribution in [0.15, 0.2) is 109 Å². The first kappa shape index (κ1) is 24.0. The monoisotopic (exact) mass is 474 g/mol. The average molecular weight is 475 g/mol. The molecule has 0 heterocycles. The molecular weight excluding hydrogens is 452 g/mol. The summed E-state index contributed by atoms with van der Waals surface area (Å²) < 4.78 is 5.85. The van der Waals surface area contributed by atoms with Gasteiger partial charge in [-0.15, -0.1) is 0 Å². The fourth-order valence-corrected chi connectivity index (χ4v) is 3.54. The lowest BCUT2D eigenvalue weighted by Crippen LogP contribution is -2.27. The number of aliphatic carboxylic acids is 1. The van der Waals surface area contributed by atoms with Crippen molar-refractivity contribution >= 4 is 18.0 Å². The third-order valence-corrected chi connectivity index (χ3v) is 5.42. The molecule has 0 spiro atoms. The first-order valence-electron chi connectivity index (χ1n) is 11.2. The number of carboxylic acids is 1. The number of carbonyl (C=O) groups excluding carboxylic acids is 1. The Labute approximate surface area is 208 Å². The number of carboxylic acid groups (broad SMARTS) is 1. The SMILES string of the molecule is N#Cc1ccccc1-c1ccc(COc2ccc(/C=C(\NC(=O)c3ccccc3)C(=O)O)cc2)cc1. The molecule has 0 atom stereocenters. The predicted octanol–water partition coefficient (Wildman–Crippen LogP) is 5.66. The van der Waals surface area contributed by atoms with Gasteiger partial charge in [0.15, 0.2) is 0 Å². The van der Waals surface area contributed by atoms with Crippen molar-refractivity contribution in [2.75, 3.05) is 0 Å². The van der Waals surface area contributed by atoms with Crippen LogP contribution < -0.4 is 10.1 Å². The lowest BCUT2D eigenvalue weighted by atomic mass is 9.99. The first-order chi connectivity index (χ1) is 17.5. The Kier molecular flexibility index (Phi) is 7.54. The van der Waals surface area contributed by atoms with Crippen molar-refractivity contribution in [3.05, 3.63) is 131 Å². The van der Waals surface area contributed by atoms with Gasteiger partial charge in [0.2, 0.25) is 0 Å². The molecule has 4 aromatic carbocycles. The highest BCUT2D eigenvalue weighted by Gasteiger charge is 2.13. The molecule has 6 nitrogen and oxygen atoms in total. The summed E-state index contributed by atoms with van der Waals surface area (Å²) in [6.45, 7) is 0.350. The van der Waals surface area contributed by atoms with E-state index in [0.717, 1.165) is 16.7 Å². The zero-order chi connectivity index (χ0) is 25.3. The van der Waals surface area contributed by atoms with Crippen molar-refractivity contribution < 1.29 is 19.4 Å². The molecular formula is C30H22N2O4. The third-order valence-electron chi connectivity index (χ3n) is 5.42. The Bertz CT molecular complexity index is 1440. The van der Waals surface area contributed by atoms with E-state index in [0.29, 0.717) is 29.0 Å². The van der Waals surface area contributed by atoms with E-state index in [1.165, 1.54) is 6.08 Å². The van der Waals surface area contributed by atoms with Crippen LogP contribution in [0.3, 0.4) is 0 Å². The number of nitrogens with zero attached hydrogens (tertiary/aromatic N) is 1. The summed E-state index contributed by atoms with van der Waals surface area (Å²) in [4.78, 5) is 23.9. The van der Waals surface area contributed by atoms with Gasteiger partial charge in [-0.1, -0.05) is 72.8 Å². The number of ether oxygens (including phenoxy) is 1. The molecule has 0 radical (unpaired) electrons. The second-order valence-corrected chi connectivity index (χ2v) is 7.90. The van der Waals surface area contributed by atoms with Crippen molar-refractivity contribution in [1.82, 2.24) is 5.32 Å². The molecule has 176 valence electrons. The molecule has 0 saturated heterocycles. The van der Waals surface area contributed by atoms with E-state index in [-0.39, 0.29) is 5.70 Å². The van der Waals surface area contributed by atoms with Gasteiger partial charge in [-0.3, -0.25) is 4.79 Å². The van der Waals surface area contributed by atoms with Crippen molar-refractivity contribution in [2.24, 2.45) is 0 Å². The zero-order valence-electron chi connectivity index (χ0n) is 19.2. The van der Waals surface area contributed by atoms with E-state index in [1.807, 2.05) is 42.5 Å². The van der Waals surface area contributed by atoms with E-state index < -0.39 is 11.9 Å². The Morgan fingerprint density at radius 3 is 2.19 bits per heavy atom. The average Bonchev–Trinajstić information content (AvgIpc) is 2.93. The highest BCUT2D eigenvalue weighted by Crippen LogP contribution is 2.24. The molecule has 0 aliphatic heterocycles. The Morgan fingerprint density at radius 1 is 0.861 bits per heavy atom. The predicted molar refractivity (Wildman–Crippen MR) is 137 cm³/mol. The van der Waals surface area contributed by atoms with Crippen LogP contribution in [0.4, 0.5) is 0 Å². The zero-order valence-corrected chi connectivity index (χ0v) is 19.2. The molecule has 0 bridgehead atoms. The van der Waals surface area contributed by atoms with Crippen LogP contribution in [-0.2, 0) is 11.4 Å². The number of nitriles is 1. The molecule has 4 rings (SSSR count). The van der Waals surface area contributed by atoms with E-state index in [9.17, 15) is 20.0 Å². The number of carbonyl (C=O) groups is 2. The molecule has 1 amide bonds. The molecule has 0 aliphatic carbocycles. The molecule has 0 unspecified atom stereocenters. The normalized spacial score (nSPS) is 10.8. The number of nitrogens with one attached hydrogen (secondary N) is 1. The smallest absolute Gasteiger partial charge is 0.352 e. The van der Waals surface area contributed by atoms with E-state index in [4.69, 9.17) is 4.74 Å². The largest absolute Gasteiger partial charge is 0.489 e. The molecule has 0 aliphatic rings. The first-order valence-corrected chi connectivity index (χ1v) is 11.2. The lowest BCUT2D eigenvalue weighted by molar-refractivity contribution is -0.132. The number of hydrogen-bond donors (Lipinski definition) is 2. The minimum Gasteiger partial charge on any atom is -0.489 e. The summed E-state index contributed by atoms with van der Waals surface area (Å²) in [6, 6.07) is 32.8. The Morgan fingerprint density at radius 2 is 1.53 bits per heavy atom. The fourth-order valence-electron chi connectivity index (χ4n) is 3.54. The van der Waals surface area contributed by atoms with Crippen molar-refractivity contribution in [2.45, 2.75) is 6.61 Å². The molecule has 6 heteroatoms. The Balaban J connectivity index is 1.39. The highest BCUT2D eigenvalue weighted by molar-refractivity contribution is 6.02. The van der Waals surface area contributed by atoms with Crippen LogP contribution in [0.5, 0.6) is 5.75 Å². The summed E-state index contributed by atoms with van der Waals surface area (Å²) in [5.74, 6) is -1.11. The van der Waals surface area contributed by atoms with Crippen LogP contribution in [0.2, 0.25) is 0 Å². The van der Waals surface area contributed by atoms with Gasteiger partial charge in [-0.25, -0.2) is 4.79 Å². The summed E-state index contributed by atoms with van der Waals surface area (Å²) in [7, 11) is 0. The van der Waals surface area contributed by atoms with Crippen LogP contribution >= 0.6 is 0 Å². The second-order valence-electron chi connectivity index (χ2n) is 7.90. The molecule has 0 aromatic heterocycles. The van der Waals surface area contributed by atoms with Crippen LogP contribution in [0, 0.1) is 11.3 Å². The summed E-state index contributed by atoms with van der Waals surface area (Å²) in [5, 5.41) is 21.2. The van der Waals surface area contributed by atoms with Gasteiger partial charge in [0, 0.05) is 5.56 Å². The van der Waals surface area contributed by atoms with Crippen molar-refractivity contribution in [3.8, 4) is 22.9 Å². The topological polar surface area (TPSA) is 99.4 Å². The lowest BCUT2D eigenvalue weighted by Gasteiger charge is -2.09. The minimum atomic E-state index is -1.24. The van der Waals surface area contributed by atoms with Gasteiger partial charge < -0.3 is 15.2 Å². The summed E-state index contributed by atoms with van der Waals surface area (Å²) in [5.41, 5.74) is 4.19. The molecule has 36 heavy (non-hydrogen) atoms. The number of hydrogen-bond acceptors (Lipinski definition) is 4. The fraction of sp³-hybridized carbons (Fsp3) is 0.0333. The second kappa shape index (κ2) is 11.3. The van der Waals surface area contributed by atoms with Crippen molar-refractivity contribution in [1.29, 1.82) is 5.26 Å². The van der Waals surface area contributed by atoms with E-state index in [1.54, 1.807) is 60.7 Å². The number of amides is 1. The maximum Gasteiger partial charge on any atom is 0.352 e. The maximum atomic E-state index is 12.3. The van der Waals surface area contributed by atoms with Gasteiger partial charge in [0.05, 0.1) is 11.6 Å². The van der Waals surface area contributed by atoms with Gasteiger partial charge in [0.1, 0.15) is 18.1 Å². The Hall–Kier alpha value is -5.15. The quantitative estimate of drug-likeness (QED) is 0.321. The maximum absolute atomic E-state index is 12.3. The highest BCUT2D eigenvalue weighted by atomic mass is 16.5. The van der Waals surface area contributed by atoms with Gasteiger partial charge in [-0.2, -0.15) is 5.26 Å². The third kappa shape index (κ3) is 6.04. The van der Waals surface area contributed by atoms with Crippen LogP contribution in [-0.4, -0.2) is 17.0 Å². The van der Waals surface area contributed by atoms with Crippen LogP contribution in [0.1, 0.15) is 27.0 Å². The van der Waals surface area contributed by atoms with E-state index in [2.05, 4.69) is 11.4 Å². The minimum absolute atomic E-state index is 0.226. The van der Waals surface area contributed by atoms with Gasteiger partial charge >= 0.3 is 5.97 Å². The van der Waals surface area contributed by atoms with E-state index >= 15 is 0 Å². The van der Waals surface area contributed by atoms with Crippen molar-refractivity contribution in [3.63, 3.8) is 0 Å². The molecule has 4 aromatic rings. The number of rotatable bonds is 8. The van der Waals surface area contributed by atoms with Gasteiger partial charge in [0.25, 0.3) is 5.91 Å². The summed E-state index contributed by atoms with van der Waals surface area (Å²) in [6.07, 6.45) is 1.39. The standard InChI is InChI=1S/C30H22N2O4/c31-19-25-8-4-5-9-27(25)23-14-10-22(11-15-23)20-36-26-16-12-21(13-17-26)18-28(30(34)35)32-29(33)24-6-2-1-3-7-24/h1-18H,20H2,(H,32,33)(H,34,35)/b28-18-. The summed E-state index contributed by atoms with van der Waals surface area (Å²) >= 11 is 0. The molecule has 0 saturated carbocycles. The van der Waals surface area contributed by atoms with Crippen LogP contribution in [0.25, 0.3) is 17.2 Å². The van der Waals surface area contributed by atoms with Gasteiger partial charge in [-0.05, 0) is 58.7 Å². The molecule has 2 N–H and O–H groups in total.